The maximum atomic E-state index is 12.5. The van der Waals surface area contributed by atoms with Crippen molar-refractivity contribution in [2.24, 2.45) is 0 Å². The van der Waals surface area contributed by atoms with E-state index < -0.39 is 12.1 Å². The fourth-order valence-electron chi connectivity index (χ4n) is 11.0. The largest absolute Gasteiger partial charge is 0.466 e. The first-order valence-electron chi connectivity index (χ1n) is 33.8. The van der Waals surface area contributed by atoms with Crippen LogP contribution >= 0.6 is 0 Å². The normalized spacial score (nSPS) is 12.4. The number of nitrogens with one attached hydrogen (secondary N) is 1. The zero-order chi connectivity index (χ0) is 52.9. The first kappa shape index (κ1) is 71.9. The molecule has 73 heavy (non-hydrogen) atoms. The maximum Gasteiger partial charge on any atom is 0.305 e. The summed E-state index contributed by atoms with van der Waals surface area (Å²) >= 11 is 0. The number of rotatable bonds is 64. The van der Waals surface area contributed by atoms with Crippen LogP contribution in [0.25, 0.3) is 0 Å². The summed E-state index contributed by atoms with van der Waals surface area (Å²) in [5.41, 5.74) is 0. The second-order valence-electron chi connectivity index (χ2n) is 23.5. The van der Waals surface area contributed by atoms with Crippen LogP contribution < -0.4 is 5.32 Å². The third-order valence-corrected chi connectivity index (χ3v) is 16.2. The van der Waals surface area contributed by atoms with E-state index in [1.807, 2.05) is 0 Å². The van der Waals surface area contributed by atoms with Gasteiger partial charge in [0.2, 0.25) is 5.91 Å². The molecule has 0 aromatic carbocycles. The van der Waals surface area contributed by atoms with E-state index >= 15 is 0 Å². The van der Waals surface area contributed by atoms with Gasteiger partial charge in [-0.25, -0.2) is 0 Å². The lowest BCUT2D eigenvalue weighted by atomic mass is 10.0. The van der Waals surface area contributed by atoms with Gasteiger partial charge in [0.1, 0.15) is 0 Å². The molecule has 0 spiro atoms. The molecule has 1 amide bonds. The van der Waals surface area contributed by atoms with E-state index in [1.54, 1.807) is 0 Å². The molecular weight excluding hydrogens is 899 g/mol. The topological polar surface area (TPSA) is 95.9 Å². The van der Waals surface area contributed by atoms with Crippen LogP contribution in [0.5, 0.6) is 0 Å². The Hall–Kier alpha value is -1.14. The van der Waals surface area contributed by atoms with Gasteiger partial charge in [-0.3, -0.25) is 9.59 Å². The Kier molecular flexibility index (Phi) is 62.4. The smallest absolute Gasteiger partial charge is 0.305 e. The predicted molar refractivity (Wildman–Crippen MR) is 320 cm³/mol. The number of unbranched alkanes of at least 4 members (excludes halogenated alkanes) is 53. The summed E-state index contributed by atoms with van der Waals surface area (Å²) in [5.74, 6) is -0.0153. The van der Waals surface area contributed by atoms with Crippen molar-refractivity contribution in [1.29, 1.82) is 0 Å². The van der Waals surface area contributed by atoms with Crippen LogP contribution in [0.15, 0.2) is 0 Å². The van der Waals surface area contributed by atoms with Crippen LogP contribution in [0.3, 0.4) is 0 Å². The predicted octanol–water partition coefficient (Wildman–Crippen LogP) is 21.4. The lowest BCUT2D eigenvalue weighted by Crippen LogP contribution is -2.45. The highest BCUT2D eigenvalue weighted by molar-refractivity contribution is 5.76. The Bertz CT molecular complexity index is 1050. The maximum absolute atomic E-state index is 12.5. The van der Waals surface area contributed by atoms with E-state index in [9.17, 15) is 19.8 Å². The van der Waals surface area contributed by atoms with Gasteiger partial charge in [-0.2, -0.15) is 0 Å². The SMILES string of the molecule is CCCCCCCCCCCCCCCCCCCCCCCCCC(O)C(CO)NC(=O)CCCCCCCCCCCCCCCCCCCCCCCCOC(=O)CCCCCCCCCCCCC. The van der Waals surface area contributed by atoms with Gasteiger partial charge in [-0.15, -0.1) is 0 Å². The third-order valence-electron chi connectivity index (χ3n) is 16.2. The number of carbonyl (C=O) groups excluding carboxylic acids is 2. The number of amides is 1. The second kappa shape index (κ2) is 63.4. The second-order valence-corrected chi connectivity index (χ2v) is 23.5. The fraction of sp³-hybridized carbons (Fsp3) is 0.970. The number of aliphatic hydroxyl groups is 2. The monoisotopic (exact) mass is 1030 g/mol. The molecule has 0 fully saturated rings. The van der Waals surface area contributed by atoms with Crippen molar-refractivity contribution in [3.05, 3.63) is 0 Å². The van der Waals surface area contributed by atoms with E-state index in [0.29, 0.717) is 25.9 Å². The zero-order valence-corrected chi connectivity index (χ0v) is 49.9. The number of hydrogen-bond acceptors (Lipinski definition) is 5. The number of ether oxygens (including phenoxy) is 1. The van der Waals surface area contributed by atoms with Crippen LogP contribution in [0.1, 0.15) is 393 Å². The van der Waals surface area contributed by atoms with Crippen molar-refractivity contribution >= 4 is 11.9 Å². The zero-order valence-electron chi connectivity index (χ0n) is 49.9. The average Bonchev–Trinajstić information content (AvgIpc) is 3.39. The van der Waals surface area contributed by atoms with E-state index in [2.05, 4.69) is 19.2 Å². The summed E-state index contributed by atoms with van der Waals surface area (Å²) in [6.07, 6.45) is 75.6. The van der Waals surface area contributed by atoms with E-state index in [1.165, 1.54) is 321 Å². The number of aliphatic hydroxyl groups excluding tert-OH is 2. The Labute approximate surface area is 457 Å². The molecule has 0 aromatic rings. The van der Waals surface area contributed by atoms with Crippen molar-refractivity contribution in [3.8, 4) is 0 Å². The number of hydrogen-bond donors (Lipinski definition) is 3. The molecule has 0 aromatic heterocycles. The summed E-state index contributed by atoms with van der Waals surface area (Å²) in [4.78, 5) is 24.6. The summed E-state index contributed by atoms with van der Waals surface area (Å²) in [5, 5.41) is 23.4. The van der Waals surface area contributed by atoms with Crippen molar-refractivity contribution in [2.75, 3.05) is 13.2 Å². The molecule has 0 heterocycles. The quantitative estimate of drug-likeness (QED) is 0.0417. The molecule has 6 nitrogen and oxygen atoms in total. The van der Waals surface area contributed by atoms with Crippen molar-refractivity contribution in [2.45, 2.75) is 405 Å². The van der Waals surface area contributed by atoms with Crippen LogP contribution in [-0.4, -0.2) is 47.4 Å². The van der Waals surface area contributed by atoms with Gasteiger partial charge < -0.3 is 20.3 Å². The Morgan fingerprint density at radius 3 is 0.836 bits per heavy atom. The Balaban J connectivity index is 3.37. The molecule has 0 radical (unpaired) electrons. The average molecular weight is 1030 g/mol. The minimum Gasteiger partial charge on any atom is -0.466 e. The van der Waals surface area contributed by atoms with Crippen molar-refractivity contribution in [3.63, 3.8) is 0 Å². The van der Waals surface area contributed by atoms with Crippen molar-refractivity contribution in [1.82, 2.24) is 5.32 Å². The van der Waals surface area contributed by atoms with Gasteiger partial charge in [-0.1, -0.05) is 354 Å². The Morgan fingerprint density at radius 2 is 0.562 bits per heavy atom. The highest BCUT2D eigenvalue weighted by Gasteiger charge is 2.20. The van der Waals surface area contributed by atoms with Gasteiger partial charge in [0.15, 0.2) is 0 Å². The summed E-state index contributed by atoms with van der Waals surface area (Å²) in [6.45, 7) is 4.99. The number of esters is 1. The van der Waals surface area contributed by atoms with Crippen LogP contribution in [0, 0.1) is 0 Å². The van der Waals surface area contributed by atoms with Gasteiger partial charge in [0, 0.05) is 12.8 Å². The molecule has 436 valence electrons. The molecule has 0 saturated carbocycles. The van der Waals surface area contributed by atoms with Gasteiger partial charge >= 0.3 is 5.97 Å². The molecule has 3 N–H and O–H groups in total. The van der Waals surface area contributed by atoms with E-state index in [-0.39, 0.29) is 18.5 Å². The lowest BCUT2D eigenvalue weighted by Gasteiger charge is -2.22. The van der Waals surface area contributed by atoms with Crippen LogP contribution in [0.2, 0.25) is 0 Å². The first-order chi connectivity index (χ1) is 36.0. The van der Waals surface area contributed by atoms with Crippen LogP contribution in [-0.2, 0) is 14.3 Å². The van der Waals surface area contributed by atoms with Crippen molar-refractivity contribution < 1.29 is 24.5 Å². The molecule has 0 aliphatic heterocycles. The van der Waals surface area contributed by atoms with Gasteiger partial charge in [-0.05, 0) is 25.7 Å². The molecule has 2 unspecified atom stereocenters. The molecular formula is C67H133NO5. The lowest BCUT2D eigenvalue weighted by molar-refractivity contribution is -0.143. The first-order valence-corrected chi connectivity index (χ1v) is 33.8. The third kappa shape index (κ3) is 60.0. The van der Waals surface area contributed by atoms with Gasteiger partial charge in [0.05, 0.1) is 25.4 Å². The molecule has 0 bridgehead atoms. The summed E-state index contributed by atoms with van der Waals surface area (Å²) in [7, 11) is 0. The molecule has 0 saturated heterocycles. The highest BCUT2D eigenvalue weighted by atomic mass is 16.5. The standard InChI is InChI=1S/C67H133NO5/c1-3-5-7-9-11-13-15-16-17-18-19-20-21-24-27-30-33-36-40-43-47-51-55-59-65(70)64(63-69)68-66(71)60-56-52-48-44-41-37-34-31-28-25-22-23-26-29-32-35-38-42-46-50-54-58-62-73-67(72)61-57-53-49-45-39-14-12-10-8-6-4-2/h64-65,69-70H,3-63H2,1-2H3,(H,68,71). The molecule has 0 aliphatic rings. The van der Waals surface area contributed by atoms with E-state index in [0.717, 1.165) is 38.5 Å². The minimum absolute atomic E-state index is 0.0143. The number of carbonyl (C=O) groups is 2. The molecule has 6 heteroatoms. The van der Waals surface area contributed by atoms with E-state index in [4.69, 9.17) is 4.74 Å². The van der Waals surface area contributed by atoms with Crippen LogP contribution in [0.4, 0.5) is 0 Å². The van der Waals surface area contributed by atoms with Gasteiger partial charge in [0.25, 0.3) is 0 Å². The molecule has 0 rings (SSSR count). The highest BCUT2D eigenvalue weighted by Crippen LogP contribution is 2.19. The molecule has 2 atom stereocenters. The summed E-state index contributed by atoms with van der Waals surface area (Å²) in [6, 6.07) is -0.541. The summed E-state index contributed by atoms with van der Waals surface area (Å²) < 4.78 is 5.47. The Morgan fingerprint density at radius 1 is 0.329 bits per heavy atom. The fourth-order valence-corrected chi connectivity index (χ4v) is 11.0. The minimum atomic E-state index is -0.664. The molecule has 0 aliphatic carbocycles.